The largest absolute Gasteiger partial charge is 0.468 e. The Hall–Kier alpha value is -1.26. The molecule has 3 unspecified atom stereocenters. The monoisotopic (exact) mass is 548 g/mol. The summed E-state index contributed by atoms with van der Waals surface area (Å²) < 4.78 is 9.82. The van der Waals surface area contributed by atoms with E-state index in [1.165, 1.54) is 35.8 Å². The standard InChI is InChI=1S/C26H48N2O6S2/c1-13-26(10,16-25(8,9)21(31)23(2,3)4)22(32)27-17(19(29)33-11)14-35-36-15-18(20(30)34-12)28-24(5,6)7/h17-18,28H,13-16H2,1-12H3,(H,27,32). The first-order valence-corrected chi connectivity index (χ1v) is 14.8. The molecule has 0 saturated heterocycles. The second-order valence-electron chi connectivity index (χ2n) is 12.1. The van der Waals surface area contributed by atoms with Crippen molar-refractivity contribution in [3.63, 3.8) is 0 Å². The number of methoxy groups -OCH3 is 2. The topological polar surface area (TPSA) is 111 Å². The maximum Gasteiger partial charge on any atom is 0.329 e. The van der Waals surface area contributed by atoms with Gasteiger partial charge in [0.15, 0.2) is 0 Å². The molecular formula is C26H48N2O6S2. The minimum absolute atomic E-state index is 0.0861. The molecule has 0 aliphatic heterocycles. The molecule has 210 valence electrons. The molecule has 8 nitrogen and oxygen atoms in total. The summed E-state index contributed by atoms with van der Waals surface area (Å²) in [6, 6.07) is -1.37. The van der Waals surface area contributed by atoms with Gasteiger partial charge in [-0.1, -0.05) is 70.1 Å². The molecule has 1 amide bonds. The summed E-state index contributed by atoms with van der Waals surface area (Å²) in [6.07, 6.45) is 0.863. The van der Waals surface area contributed by atoms with Crippen LogP contribution in [0.4, 0.5) is 0 Å². The van der Waals surface area contributed by atoms with E-state index in [0.717, 1.165) is 0 Å². The highest BCUT2D eigenvalue weighted by Gasteiger charge is 2.44. The number of Topliss-reactive ketones (excluding diaryl/α,β-unsaturated/α-hetero) is 1. The van der Waals surface area contributed by atoms with E-state index in [0.29, 0.717) is 18.6 Å². The molecule has 0 heterocycles. The smallest absolute Gasteiger partial charge is 0.329 e. The van der Waals surface area contributed by atoms with Crippen LogP contribution >= 0.6 is 21.6 Å². The fourth-order valence-electron chi connectivity index (χ4n) is 4.15. The fraction of sp³-hybridized carbons (Fsp3) is 0.846. The second-order valence-corrected chi connectivity index (χ2v) is 14.7. The van der Waals surface area contributed by atoms with Crippen LogP contribution in [-0.2, 0) is 28.7 Å². The van der Waals surface area contributed by atoms with E-state index < -0.39 is 34.3 Å². The van der Waals surface area contributed by atoms with Gasteiger partial charge in [0.2, 0.25) is 5.91 Å². The zero-order chi connectivity index (χ0) is 28.5. The summed E-state index contributed by atoms with van der Waals surface area (Å²) >= 11 is 0. The van der Waals surface area contributed by atoms with Crippen LogP contribution in [0.2, 0.25) is 0 Å². The lowest BCUT2D eigenvalue weighted by Crippen LogP contribution is -2.51. The molecule has 0 saturated carbocycles. The van der Waals surface area contributed by atoms with Crippen LogP contribution in [-0.4, -0.2) is 67.0 Å². The first-order valence-electron chi connectivity index (χ1n) is 12.3. The van der Waals surface area contributed by atoms with Gasteiger partial charge in [0.1, 0.15) is 17.9 Å². The van der Waals surface area contributed by atoms with E-state index in [-0.39, 0.29) is 29.0 Å². The zero-order valence-electron chi connectivity index (χ0n) is 24.2. The van der Waals surface area contributed by atoms with E-state index in [2.05, 4.69) is 10.6 Å². The third kappa shape index (κ3) is 11.4. The van der Waals surface area contributed by atoms with Gasteiger partial charge in [0.25, 0.3) is 0 Å². The number of carbonyl (C=O) groups is 4. The van der Waals surface area contributed by atoms with Crippen LogP contribution in [0.15, 0.2) is 0 Å². The lowest BCUT2D eigenvalue weighted by Gasteiger charge is -2.38. The first-order chi connectivity index (χ1) is 16.2. The van der Waals surface area contributed by atoms with E-state index in [1.807, 2.05) is 69.2 Å². The van der Waals surface area contributed by atoms with Gasteiger partial charge in [-0.05, 0) is 33.6 Å². The fourth-order valence-corrected chi connectivity index (χ4v) is 6.44. The van der Waals surface area contributed by atoms with Crippen LogP contribution in [0.1, 0.15) is 82.1 Å². The average Bonchev–Trinajstić information content (AvgIpc) is 2.76. The Kier molecular flexibility index (Phi) is 13.6. The molecule has 0 aromatic rings. The highest BCUT2D eigenvalue weighted by Crippen LogP contribution is 2.41. The van der Waals surface area contributed by atoms with Crippen LogP contribution in [0, 0.1) is 16.2 Å². The lowest BCUT2D eigenvalue weighted by molar-refractivity contribution is -0.147. The minimum Gasteiger partial charge on any atom is -0.468 e. The first kappa shape index (κ1) is 34.7. The molecule has 0 radical (unpaired) electrons. The van der Waals surface area contributed by atoms with Crippen LogP contribution in [0.25, 0.3) is 0 Å². The summed E-state index contributed by atoms with van der Waals surface area (Å²) in [7, 11) is 5.41. The van der Waals surface area contributed by atoms with E-state index in [4.69, 9.17) is 9.47 Å². The lowest BCUT2D eigenvalue weighted by atomic mass is 9.65. The number of hydrogen-bond acceptors (Lipinski definition) is 9. The number of ketones is 1. The van der Waals surface area contributed by atoms with Crippen LogP contribution in [0.3, 0.4) is 0 Å². The highest BCUT2D eigenvalue weighted by molar-refractivity contribution is 8.76. The predicted molar refractivity (Wildman–Crippen MR) is 149 cm³/mol. The molecule has 0 aliphatic carbocycles. The van der Waals surface area contributed by atoms with Gasteiger partial charge < -0.3 is 14.8 Å². The minimum atomic E-state index is -0.862. The third-order valence-corrected chi connectivity index (χ3v) is 8.32. The van der Waals surface area contributed by atoms with Crippen molar-refractivity contribution in [2.24, 2.45) is 16.2 Å². The Morgan fingerprint density at radius 1 is 0.778 bits per heavy atom. The molecule has 0 spiro atoms. The Labute approximate surface area is 225 Å². The Morgan fingerprint density at radius 2 is 1.22 bits per heavy atom. The highest BCUT2D eigenvalue weighted by atomic mass is 33.1. The molecule has 0 aromatic heterocycles. The molecule has 0 aliphatic rings. The van der Waals surface area contributed by atoms with E-state index in [9.17, 15) is 19.2 Å². The van der Waals surface area contributed by atoms with Crippen molar-refractivity contribution in [1.29, 1.82) is 0 Å². The Bertz CT molecular complexity index is 773. The van der Waals surface area contributed by atoms with Gasteiger partial charge in [-0.15, -0.1) is 0 Å². The summed E-state index contributed by atoms with van der Waals surface area (Å²) in [6.45, 7) is 19.0. The maximum atomic E-state index is 13.4. The Balaban J connectivity index is 5.37. The SMILES string of the molecule is CCC(C)(CC(C)(C)C(=O)C(C)(C)C)C(=O)NC(CSSCC(NC(C)(C)C)C(=O)OC)C(=O)OC. The third-order valence-electron chi connectivity index (χ3n) is 5.89. The van der Waals surface area contributed by atoms with Crippen molar-refractivity contribution in [1.82, 2.24) is 10.6 Å². The van der Waals surface area contributed by atoms with Gasteiger partial charge >= 0.3 is 11.9 Å². The van der Waals surface area contributed by atoms with Gasteiger partial charge in [-0.2, -0.15) is 0 Å². The number of esters is 2. The molecule has 0 aromatic carbocycles. The number of rotatable bonds is 14. The zero-order valence-corrected chi connectivity index (χ0v) is 25.9. The molecule has 0 rings (SSSR count). The van der Waals surface area contributed by atoms with Crippen LogP contribution < -0.4 is 10.6 Å². The maximum absolute atomic E-state index is 13.4. The second kappa shape index (κ2) is 14.0. The summed E-state index contributed by atoms with van der Waals surface area (Å²) in [5.74, 6) is -0.423. The number of nitrogens with one attached hydrogen (secondary N) is 2. The van der Waals surface area contributed by atoms with Gasteiger partial charge in [-0.25, -0.2) is 4.79 Å². The number of hydrogen-bond donors (Lipinski definition) is 2. The molecule has 10 heteroatoms. The normalized spacial score (nSPS) is 15.9. The number of carbonyl (C=O) groups excluding carboxylic acids is 4. The summed E-state index contributed by atoms with van der Waals surface area (Å²) in [4.78, 5) is 51.0. The molecule has 2 N–H and O–H groups in total. The summed E-state index contributed by atoms with van der Waals surface area (Å²) in [5.41, 5.74) is -2.36. The average molecular weight is 549 g/mol. The van der Waals surface area contributed by atoms with Crippen molar-refractivity contribution in [2.75, 3.05) is 25.7 Å². The van der Waals surface area contributed by atoms with Gasteiger partial charge in [0.05, 0.1) is 14.2 Å². The molecule has 0 fully saturated rings. The van der Waals surface area contributed by atoms with Crippen molar-refractivity contribution in [3.8, 4) is 0 Å². The number of ether oxygens (including phenoxy) is 2. The molecule has 36 heavy (non-hydrogen) atoms. The quantitative estimate of drug-likeness (QED) is 0.185. The predicted octanol–water partition coefficient (Wildman–Crippen LogP) is 4.40. The van der Waals surface area contributed by atoms with Crippen LogP contribution in [0.5, 0.6) is 0 Å². The molecule has 0 bridgehead atoms. The van der Waals surface area contributed by atoms with Crippen molar-refractivity contribution < 1.29 is 28.7 Å². The van der Waals surface area contributed by atoms with Gasteiger partial charge in [0, 0.05) is 33.3 Å². The number of amides is 1. The summed E-state index contributed by atoms with van der Waals surface area (Å²) in [5, 5.41) is 6.09. The molecular weight excluding hydrogens is 500 g/mol. The molecule has 3 atom stereocenters. The van der Waals surface area contributed by atoms with Crippen molar-refractivity contribution in [2.45, 2.75) is 99.7 Å². The Morgan fingerprint density at radius 3 is 1.61 bits per heavy atom. The van der Waals surface area contributed by atoms with E-state index in [1.54, 1.807) is 0 Å². The van der Waals surface area contributed by atoms with E-state index >= 15 is 0 Å². The van der Waals surface area contributed by atoms with Crippen molar-refractivity contribution >= 4 is 45.2 Å². The van der Waals surface area contributed by atoms with Crippen molar-refractivity contribution in [3.05, 3.63) is 0 Å². The van der Waals surface area contributed by atoms with Gasteiger partial charge in [-0.3, -0.25) is 19.7 Å².